The van der Waals surface area contributed by atoms with Crippen LogP contribution >= 0.6 is 0 Å². The quantitative estimate of drug-likeness (QED) is 0.280. The number of hydrogen-bond acceptors (Lipinski definition) is 5. The molecule has 0 fully saturated rings. The summed E-state index contributed by atoms with van der Waals surface area (Å²) in [6, 6.07) is 24.8. The van der Waals surface area contributed by atoms with Crippen LogP contribution in [0.1, 0.15) is 35.2 Å². The molecule has 6 heteroatoms. The maximum absolute atomic E-state index is 12.3. The molecule has 0 saturated carbocycles. The van der Waals surface area contributed by atoms with Gasteiger partial charge in [-0.05, 0) is 71.3 Å². The Morgan fingerprint density at radius 3 is 2.53 bits per heavy atom. The molecule has 4 aromatic rings. The molecule has 1 N–H and O–H groups in total. The third kappa shape index (κ3) is 5.55. The second-order valence-electron chi connectivity index (χ2n) is 7.18. The highest BCUT2D eigenvalue weighted by Gasteiger charge is 2.11. The van der Waals surface area contributed by atoms with E-state index in [1.54, 1.807) is 18.3 Å². The van der Waals surface area contributed by atoms with Crippen molar-refractivity contribution in [2.75, 3.05) is 6.61 Å². The summed E-state index contributed by atoms with van der Waals surface area (Å²) in [7, 11) is 0. The Morgan fingerprint density at radius 1 is 0.938 bits per heavy atom. The highest BCUT2D eigenvalue weighted by Crippen LogP contribution is 2.21. The minimum absolute atomic E-state index is 0.169. The molecular weight excluding hydrogens is 404 g/mol. The molecule has 162 valence electrons. The third-order valence-corrected chi connectivity index (χ3v) is 4.72. The number of amides is 1. The van der Waals surface area contributed by atoms with Crippen molar-refractivity contribution in [1.29, 1.82) is 0 Å². The van der Waals surface area contributed by atoms with Crippen molar-refractivity contribution >= 4 is 22.9 Å². The Labute approximate surface area is 186 Å². The standard InChI is InChI=1S/C26H24N2O4/c1-2-15-30-22-10-7-19(8-11-22)17-27-28-26(29)25-14-13-24(32-25)18-31-23-12-9-20-5-3-4-6-21(20)16-23/h3-14,16-17H,2,15,18H2,1H3,(H,28,29). The number of ether oxygens (including phenoxy) is 2. The van der Waals surface area contributed by atoms with Gasteiger partial charge >= 0.3 is 5.91 Å². The fourth-order valence-electron chi connectivity index (χ4n) is 3.08. The molecule has 1 amide bonds. The molecule has 1 aromatic heterocycles. The normalized spacial score (nSPS) is 11.0. The zero-order valence-electron chi connectivity index (χ0n) is 17.8. The minimum atomic E-state index is -0.430. The van der Waals surface area contributed by atoms with Gasteiger partial charge in [0, 0.05) is 0 Å². The number of furan rings is 1. The lowest BCUT2D eigenvalue weighted by atomic mass is 10.1. The second kappa shape index (κ2) is 10.3. The van der Waals surface area contributed by atoms with E-state index in [1.165, 1.54) is 0 Å². The smallest absolute Gasteiger partial charge is 0.307 e. The molecule has 1 heterocycles. The van der Waals surface area contributed by atoms with E-state index in [2.05, 4.69) is 23.5 Å². The van der Waals surface area contributed by atoms with Gasteiger partial charge in [-0.25, -0.2) is 5.43 Å². The number of fused-ring (bicyclic) bond motifs is 1. The monoisotopic (exact) mass is 428 g/mol. The number of nitrogens with one attached hydrogen (secondary N) is 1. The Balaban J connectivity index is 1.28. The predicted octanol–water partition coefficient (Wildman–Crippen LogP) is 5.56. The van der Waals surface area contributed by atoms with Gasteiger partial charge in [-0.15, -0.1) is 0 Å². The summed E-state index contributed by atoms with van der Waals surface area (Å²) >= 11 is 0. The summed E-state index contributed by atoms with van der Waals surface area (Å²) in [6.07, 6.45) is 2.52. The summed E-state index contributed by atoms with van der Waals surface area (Å²) in [6.45, 7) is 2.97. The Kier molecular flexibility index (Phi) is 6.82. The first kappa shape index (κ1) is 21.2. The van der Waals surface area contributed by atoms with Gasteiger partial charge in [-0.2, -0.15) is 5.10 Å². The van der Waals surface area contributed by atoms with Crippen molar-refractivity contribution in [3.63, 3.8) is 0 Å². The molecular formula is C26H24N2O4. The lowest BCUT2D eigenvalue weighted by Crippen LogP contribution is -2.16. The van der Waals surface area contributed by atoms with Gasteiger partial charge in [0.25, 0.3) is 0 Å². The van der Waals surface area contributed by atoms with Crippen LogP contribution in [0.4, 0.5) is 0 Å². The average molecular weight is 428 g/mol. The molecule has 0 aliphatic rings. The van der Waals surface area contributed by atoms with Crippen LogP contribution in [0.15, 0.2) is 88.4 Å². The Hall–Kier alpha value is -4.06. The fourth-order valence-corrected chi connectivity index (χ4v) is 3.08. The zero-order chi connectivity index (χ0) is 22.2. The molecule has 32 heavy (non-hydrogen) atoms. The van der Waals surface area contributed by atoms with E-state index >= 15 is 0 Å². The maximum Gasteiger partial charge on any atom is 0.307 e. The first-order valence-electron chi connectivity index (χ1n) is 10.5. The van der Waals surface area contributed by atoms with Crippen LogP contribution in [-0.4, -0.2) is 18.7 Å². The van der Waals surface area contributed by atoms with Crippen molar-refractivity contribution in [1.82, 2.24) is 5.43 Å². The molecule has 4 rings (SSSR count). The van der Waals surface area contributed by atoms with Gasteiger partial charge in [0.1, 0.15) is 23.9 Å². The lowest BCUT2D eigenvalue weighted by Gasteiger charge is -2.05. The van der Waals surface area contributed by atoms with Crippen LogP contribution in [-0.2, 0) is 6.61 Å². The van der Waals surface area contributed by atoms with E-state index in [4.69, 9.17) is 13.9 Å². The van der Waals surface area contributed by atoms with Crippen LogP contribution in [0.25, 0.3) is 10.8 Å². The van der Waals surface area contributed by atoms with Gasteiger partial charge in [-0.3, -0.25) is 4.79 Å². The second-order valence-corrected chi connectivity index (χ2v) is 7.18. The SMILES string of the molecule is CCCOc1ccc(C=NNC(=O)c2ccc(COc3ccc4ccccc4c3)o2)cc1. The Bertz CT molecular complexity index is 1210. The number of carbonyl (C=O) groups is 1. The highest BCUT2D eigenvalue weighted by atomic mass is 16.5. The number of carbonyl (C=O) groups excluding carboxylic acids is 1. The molecule has 0 atom stereocenters. The zero-order valence-corrected chi connectivity index (χ0v) is 17.8. The molecule has 0 aliphatic heterocycles. The van der Waals surface area contributed by atoms with Gasteiger partial charge < -0.3 is 13.9 Å². The summed E-state index contributed by atoms with van der Waals surface area (Å²) < 4.78 is 16.9. The number of rotatable bonds is 9. The van der Waals surface area contributed by atoms with Gasteiger partial charge in [0.15, 0.2) is 5.76 Å². The van der Waals surface area contributed by atoms with Crippen LogP contribution in [0.5, 0.6) is 11.5 Å². The molecule has 0 unspecified atom stereocenters. The summed E-state index contributed by atoms with van der Waals surface area (Å²) in [5, 5.41) is 6.24. The molecule has 0 spiro atoms. The minimum Gasteiger partial charge on any atom is -0.494 e. The molecule has 3 aromatic carbocycles. The summed E-state index contributed by atoms with van der Waals surface area (Å²) in [5.41, 5.74) is 3.31. The van der Waals surface area contributed by atoms with Gasteiger partial charge in [0.2, 0.25) is 0 Å². The van der Waals surface area contributed by atoms with E-state index in [0.29, 0.717) is 12.4 Å². The fraction of sp³-hybridized carbons (Fsp3) is 0.154. The van der Waals surface area contributed by atoms with Crippen molar-refractivity contribution in [3.8, 4) is 11.5 Å². The maximum atomic E-state index is 12.3. The van der Waals surface area contributed by atoms with E-state index < -0.39 is 5.91 Å². The van der Waals surface area contributed by atoms with Crippen molar-refractivity contribution in [3.05, 3.63) is 95.9 Å². The predicted molar refractivity (Wildman–Crippen MR) is 124 cm³/mol. The highest BCUT2D eigenvalue weighted by molar-refractivity contribution is 5.92. The van der Waals surface area contributed by atoms with Crippen LogP contribution < -0.4 is 14.9 Å². The summed E-state index contributed by atoms with van der Waals surface area (Å²) in [4.78, 5) is 12.3. The van der Waals surface area contributed by atoms with Gasteiger partial charge in [-0.1, -0.05) is 37.3 Å². The van der Waals surface area contributed by atoms with E-state index in [0.717, 1.165) is 34.3 Å². The summed E-state index contributed by atoms with van der Waals surface area (Å²) in [5.74, 6) is 1.84. The van der Waals surface area contributed by atoms with Crippen LogP contribution in [0, 0.1) is 0 Å². The van der Waals surface area contributed by atoms with Crippen LogP contribution in [0.2, 0.25) is 0 Å². The molecule has 0 radical (unpaired) electrons. The van der Waals surface area contributed by atoms with E-state index in [9.17, 15) is 4.79 Å². The van der Waals surface area contributed by atoms with E-state index in [1.807, 2.05) is 60.7 Å². The first-order chi connectivity index (χ1) is 15.7. The molecule has 0 saturated heterocycles. The van der Waals surface area contributed by atoms with Crippen molar-refractivity contribution in [2.45, 2.75) is 20.0 Å². The number of hydrazone groups is 1. The molecule has 6 nitrogen and oxygen atoms in total. The third-order valence-electron chi connectivity index (χ3n) is 4.72. The molecule has 0 bridgehead atoms. The lowest BCUT2D eigenvalue weighted by molar-refractivity contribution is 0.0923. The topological polar surface area (TPSA) is 73.1 Å². The largest absolute Gasteiger partial charge is 0.494 e. The van der Waals surface area contributed by atoms with Gasteiger partial charge in [0.05, 0.1) is 12.8 Å². The van der Waals surface area contributed by atoms with Crippen molar-refractivity contribution < 1.29 is 18.7 Å². The number of nitrogens with zero attached hydrogens (tertiary/aromatic N) is 1. The number of hydrogen-bond donors (Lipinski definition) is 1. The molecule has 0 aliphatic carbocycles. The number of benzene rings is 3. The average Bonchev–Trinajstić information content (AvgIpc) is 3.31. The van der Waals surface area contributed by atoms with Crippen LogP contribution in [0.3, 0.4) is 0 Å². The first-order valence-corrected chi connectivity index (χ1v) is 10.5. The van der Waals surface area contributed by atoms with E-state index in [-0.39, 0.29) is 12.4 Å². The van der Waals surface area contributed by atoms with Crippen molar-refractivity contribution in [2.24, 2.45) is 5.10 Å². The Morgan fingerprint density at radius 2 is 1.72 bits per heavy atom.